The maximum atomic E-state index is 12.6. The molecule has 0 aromatic heterocycles. The van der Waals surface area contributed by atoms with E-state index in [1.807, 2.05) is 13.8 Å². The van der Waals surface area contributed by atoms with Gasteiger partial charge < -0.3 is 9.64 Å². The first-order valence-corrected chi connectivity index (χ1v) is 11.5. The van der Waals surface area contributed by atoms with Crippen molar-refractivity contribution in [1.29, 1.82) is 0 Å². The fourth-order valence-corrected chi connectivity index (χ4v) is 5.38. The number of esters is 1. The maximum absolute atomic E-state index is 12.6. The van der Waals surface area contributed by atoms with E-state index in [9.17, 15) is 27.6 Å². The van der Waals surface area contributed by atoms with Crippen LogP contribution in [0.2, 0.25) is 0 Å². The lowest BCUT2D eigenvalue weighted by molar-refractivity contribution is -0.153. The summed E-state index contributed by atoms with van der Waals surface area (Å²) in [5.74, 6) is -2.53. The van der Waals surface area contributed by atoms with Crippen LogP contribution in [-0.4, -0.2) is 79.2 Å². The van der Waals surface area contributed by atoms with Gasteiger partial charge in [-0.1, -0.05) is 26.0 Å². The average Bonchev–Trinajstić information content (AvgIpc) is 3.16. The van der Waals surface area contributed by atoms with Crippen molar-refractivity contribution in [3.63, 3.8) is 0 Å². The number of rotatable bonds is 7. The minimum absolute atomic E-state index is 0.0269. The first-order valence-electron chi connectivity index (χ1n) is 9.70. The fraction of sp³-hybridized carbons (Fsp3) is 0.500. The van der Waals surface area contributed by atoms with Crippen LogP contribution < -0.4 is 0 Å². The third kappa shape index (κ3) is 4.69. The first-order chi connectivity index (χ1) is 14.1. The summed E-state index contributed by atoms with van der Waals surface area (Å²) in [5.41, 5.74) is 0.439. The van der Waals surface area contributed by atoms with Crippen LogP contribution >= 0.6 is 0 Å². The maximum Gasteiger partial charge on any atom is 0.326 e. The molecule has 30 heavy (non-hydrogen) atoms. The zero-order chi connectivity index (χ0) is 22.1. The van der Waals surface area contributed by atoms with Gasteiger partial charge >= 0.3 is 5.97 Å². The average molecular weight is 436 g/mol. The Balaban J connectivity index is 1.58. The van der Waals surface area contributed by atoms with E-state index < -0.39 is 52.7 Å². The minimum atomic E-state index is -3.18. The molecular weight excluding hydrogens is 412 g/mol. The summed E-state index contributed by atoms with van der Waals surface area (Å²) in [6.45, 7) is 2.97. The predicted octanol–water partition coefficient (Wildman–Crippen LogP) is 0.498. The van der Waals surface area contributed by atoms with Crippen molar-refractivity contribution in [2.45, 2.75) is 26.3 Å². The second-order valence-corrected chi connectivity index (χ2v) is 10.1. The Hall–Kier alpha value is -2.75. The van der Waals surface area contributed by atoms with Crippen LogP contribution in [0, 0.1) is 5.92 Å². The van der Waals surface area contributed by atoms with Crippen molar-refractivity contribution >= 4 is 33.5 Å². The summed E-state index contributed by atoms with van der Waals surface area (Å²) >= 11 is 0. The van der Waals surface area contributed by atoms with Gasteiger partial charge in [0.25, 0.3) is 17.7 Å². The number of carbonyl (C=O) groups excluding carboxylic acids is 4. The molecule has 1 fully saturated rings. The highest BCUT2D eigenvalue weighted by atomic mass is 32.2. The molecular formula is C20H24N2O7S. The number of amides is 3. The highest BCUT2D eigenvalue weighted by Crippen LogP contribution is 2.22. The molecule has 10 heteroatoms. The molecule has 2 aliphatic rings. The van der Waals surface area contributed by atoms with Crippen molar-refractivity contribution in [1.82, 2.24) is 9.80 Å². The molecule has 1 aromatic rings. The number of fused-ring (bicyclic) bond motifs is 1. The highest BCUT2D eigenvalue weighted by molar-refractivity contribution is 7.91. The van der Waals surface area contributed by atoms with Gasteiger partial charge in [-0.25, -0.2) is 8.42 Å². The van der Waals surface area contributed by atoms with E-state index in [1.54, 1.807) is 12.1 Å². The molecule has 162 valence electrons. The van der Waals surface area contributed by atoms with Crippen molar-refractivity contribution in [2.24, 2.45) is 5.92 Å². The number of imide groups is 1. The van der Waals surface area contributed by atoms with E-state index in [0.29, 0.717) is 13.0 Å². The number of hydrogen-bond donors (Lipinski definition) is 0. The van der Waals surface area contributed by atoms with Gasteiger partial charge in [-0.05, 0) is 24.5 Å². The van der Waals surface area contributed by atoms with Gasteiger partial charge in [0.15, 0.2) is 16.4 Å². The second kappa shape index (κ2) is 8.55. The molecule has 0 spiro atoms. The molecule has 0 bridgehead atoms. The molecule has 1 aromatic carbocycles. The van der Waals surface area contributed by atoms with E-state index >= 15 is 0 Å². The van der Waals surface area contributed by atoms with E-state index in [0.717, 1.165) is 4.90 Å². The largest absolute Gasteiger partial charge is 0.454 e. The zero-order valence-electron chi connectivity index (χ0n) is 16.9. The van der Waals surface area contributed by atoms with E-state index in [-0.39, 0.29) is 28.6 Å². The summed E-state index contributed by atoms with van der Waals surface area (Å²) in [6, 6.07) is 5.81. The van der Waals surface area contributed by atoms with Crippen molar-refractivity contribution in [3.05, 3.63) is 35.4 Å². The van der Waals surface area contributed by atoms with Gasteiger partial charge in [-0.3, -0.25) is 24.1 Å². The lowest BCUT2D eigenvalue weighted by Crippen LogP contribution is -2.45. The fourth-order valence-electron chi connectivity index (χ4n) is 3.65. The van der Waals surface area contributed by atoms with Crippen LogP contribution in [0.1, 0.15) is 41.0 Å². The number of ether oxygens (including phenoxy) is 1. The van der Waals surface area contributed by atoms with Crippen LogP contribution in [0.3, 0.4) is 0 Å². The Morgan fingerprint density at radius 2 is 1.77 bits per heavy atom. The van der Waals surface area contributed by atoms with Gasteiger partial charge in [-0.2, -0.15) is 0 Å². The second-order valence-electron chi connectivity index (χ2n) is 7.90. The van der Waals surface area contributed by atoms with Crippen LogP contribution in [0.5, 0.6) is 0 Å². The number of benzene rings is 1. The van der Waals surface area contributed by atoms with Crippen molar-refractivity contribution in [2.75, 3.05) is 31.2 Å². The van der Waals surface area contributed by atoms with Gasteiger partial charge in [0.1, 0.15) is 6.54 Å². The zero-order valence-corrected chi connectivity index (χ0v) is 17.7. The van der Waals surface area contributed by atoms with E-state index in [4.69, 9.17) is 4.74 Å². The lowest BCUT2D eigenvalue weighted by atomic mass is 10.1. The van der Waals surface area contributed by atoms with Gasteiger partial charge in [0, 0.05) is 12.6 Å². The molecule has 0 saturated carbocycles. The lowest BCUT2D eigenvalue weighted by Gasteiger charge is -2.29. The molecule has 1 unspecified atom stereocenters. The highest BCUT2D eigenvalue weighted by Gasteiger charge is 2.37. The topological polar surface area (TPSA) is 118 Å². The molecule has 0 radical (unpaired) electrons. The van der Waals surface area contributed by atoms with Crippen molar-refractivity contribution < 1.29 is 32.3 Å². The standard InChI is InChI=1S/C20H24N2O7S/c1-13(2)9-21(14-7-8-30(27,28)12-14)17(23)11-29-18(24)10-22-19(25)15-5-3-4-6-16(15)20(22)26/h3-6,13-14H,7-12H2,1-2H3. The summed E-state index contributed by atoms with van der Waals surface area (Å²) in [7, 11) is -3.18. The molecule has 2 heterocycles. The Kier molecular flexibility index (Phi) is 6.25. The normalized spacial score (nSPS) is 19.8. The van der Waals surface area contributed by atoms with E-state index in [2.05, 4.69) is 0 Å². The number of hydrogen-bond acceptors (Lipinski definition) is 7. The molecule has 1 saturated heterocycles. The van der Waals surface area contributed by atoms with E-state index in [1.165, 1.54) is 17.0 Å². The summed E-state index contributed by atoms with van der Waals surface area (Å²) in [5, 5.41) is 0. The SMILES string of the molecule is CC(C)CN(C(=O)COC(=O)CN1C(=O)c2ccccc2C1=O)C1CCS(=O)(=O)C1. The van der Waals surface area contributed by atoms with Crippen LogP contribution in [0.15, 0.2) is 24.3 Å². The predicted molar refractivity (Wildman–Crippen MR) is 106 cm³/mol. The third-order valence-corrected chi connectivity index (χ3v) is 6.80. The minimum Gasteiger partial charge on any atom is -0.454 e. The Bertz CT molecular complexity index is 952. The monoisotopic (exact) mass is 436 g/mol. The molecule has 3 amide bonds. The van der Waals surface area contributed by atoms with Gasteiger partial charge in [-0.15, -0.1) is 0 Å². The quantitative estimate of drug-likeness (QED) is 0.451. The Morgan fingerprint density at radius 3 is 2.27 bits per heavy atom. The Morgan fingerprint density at radius 1 is 1.17 bits per heavy atom. The smallest absolute Gasteiger partial charge is 0.326 e. The molecule has 3 rings (SSSR count). The number of carbonyl (C=O) groups is 4. The number of nitrogens with zero attached hydrogens (tertiary/aromatic N) is 2. The third-order valence-electron chi connectivity index (χ3n) is 5.05. The van der Waals surface area contributed by atoms with Crippen LogP contribution in [-0.2, 0) is 24.2 Å². The molecule has 0 aliphatic carbocycles. The van der Waals surface area contributed by atoms with Crippen LogP contribution in [0.25, 0.3) is 0 Å². The number of sulfone groups is 1. The van der Waals surface area contributed by atoms with Crippen LogP contribution in [0.4, 0.5) is 0 Å². The van der Waals surface area contributed by atoms with Crippen molar-refractivity contribution in [3.8, 4) is 0 Å². The summed E-state index contributed by atoms with van der Waals surface area (Å²) in [6.07, 6.45) is 0.351. The molecule has 2 aliphatic heterocycles. The van der Waals surface area contributed by atoms with Gasteiger partial charge in [0.2, 0.25) is 0 Å². The summed E-state index contributed by atoms with van der Waals surface area (Å²) in [4.78, 5) is 51.7. The molecule has 1 atom stereocenters. The first kappa shape index (κ1) is 21.9. The summed E-state index contributed by atoms with van der Waals surface area (Å²) < 4.78 is 28.6. The van der Waals surface area contributed by atoms with Gasteiger partial charge in [0.05, 0.1) is 22.6 Å². The Labute approximate surface area is 174 Å². The molecule has 0 N–H and O–H groups in total. The molecule has 9 nitrogen and oxygen atoms in total.